The molecule has 1 aliphatic carbocycles. The molecule has 0 saturated heterocycles. The summed E-state index contributed by atoms with van der Waals surface area (Å²) in [5, 5.41) is 0. The van der Waals surface area contributed by atoms with Crippen LogP contribution in [0.25, 0.3) is 5.76 Å². The van der Waals surface area contributed by atoms with E-state index in [9.17, 15) is 4.79 Å². The maximum atomic E-state index is 12.4. The summed E-state index contributed by atoms with van der Waals surface area (Å²) in [6, 6.07) is 9.94. The van der Waals surface area contributed by atoms with E-state index in [4.69, 9.17) is 9.47 Å². The number of carbonyl (C=O) groups is 1. The Morgan fingerprint density at radius 1 is 1.35 bits per heavy atom. The standard InChI is InChI=1S/C17H20O3/c1-12-9-10-16(2)11-14(13-7-5-4-6-8-13)20-17(12,16)15(18)19-3/h4-8,11-12H,9-10H2,1-3H3/t12-,16-,17+/m0/s1. The van der Waals surface area contributed by atoms with E-state index in [1.165, 1.54) is 7.11 Å². The van der Waals surface area contributed by atoms with Crippen LogP contribution in [-0.4, -0.2) is 18.7 Å². The summed E-state index contributed by atoms with van der Waals surface area (Å²) in [7, 11) is 1.44. The maximum absolute atomic E-state index is 12.4. The van der Waals surface area contributed by atoms with Gasteiger partial charge in [-0.2, -0.15) is 0 Å². The summed E-state index contributed by atoms with van der Waals surface area (Å²) in [4.78, 5) is 12.4. The fourth-order valence-electron chi connectivity index (χ4n) is 3.73. The molecule has 106 valence electrons. The summed E-state index contributed by atoms with van der Waals surface area (Å²) >= 11 is 0. The highest BCUT2D eigenvalue weighted by Gasteiger charge is 2.66. The first-order valence-electron chi connectivity index (χ1n) is 7.09. The fourth-order valence-corrected chi connectivity index (χ4v) is 3.73. The minimum atomic E-state index is -0.868. The van der Waals surface area contributed by atoms with Crippen LogP contribution in [0.5, 0.6) is 0 Å². The largest absolute Gasteiger partial charge is 0.474 e. The number of fused-ring (bicyclic) bond motifs is 1. The number of rotatable bonds is 2. The second kappa shape index (κ2) is 4.37. The first-order valence-corrected chi connectivity index (χ1v) is 7.09. The predicted octanol–water partition coefficient (Wildman–Crippen LogP) is 3.41. The Labute approximate surface area is 119 Å². The molecule has 0 bridgehead atoms. The zero-order valence-corrected chi connectivity index (χ0v) is 12.2. The van der Waals surface area contributed by atoms with E-state index in [0.29, 0.717) is 0 Å². The van der Waals surface area contributed by atoms with Gasteiger partial charge in [0.25, 0.3) is 0 Å². The number of benzene rings is 1. The van der Waals surface area contributed by atoms with Crippen LogP contribution in [0.2, 0.25) is 0 Å². The van der Waals surface area contributed by atoms with Crippen molar-refractivity contribution in [2.24, 2.45) is 11.3 Å². The predicted molar refractivity (Wildman–Crippen MR) is 76.8 cm³/mol. The van der Waals surface area contributed by atoms with Crippen LogP contribution in [0.15, 0.2) is 36.4 Å². The quantitative estimate of drug-likeness (QED) is 0.774. The molecular formula is C17H20O3. The van der Waals surface area contributed by atoms with E-state index in [0.717, 1.165) is 24.2 Å². The highest BCUT2D eigenvalue weighted by atomic mass is 16.6. The van der Waals surface area contributed by atoms with E-state index in [1.54, 1.807) is 0 Å². The molecule has 0 spiro atoms. The first-order chi connectivity index (χ1) is 9.53. The SMILES string of the molecule is COC(=O)[C@@]12OC(c3ccccc3)=C[C@]1(C)CC[C@@H]2C. The molecule has 1 aromatic carbocycles. The van der Waals surface area contributed by atoms with Gasteiger partial charge in [0.15, 0.2) is 0 Å². The second-order valence-electron chi connectivity index (χ2n) is 6.06. The van der Waals surface area contributed by atoms with Crippen molar-refractivity contribution in [3.8, 4) is 0 Å². The Hall–Kier alpha value is -1.77. The third-order valence-electron chi connectivity index (χ3n) is 4.91. The Morgan fingerprint density at radius 2 is 2.05 bits per heavy atom. The van der Waals surface area contributed by atoms with Gasteiger partial charge in [-0.25, -0.2) is 4.79 Å². The molecule has 1 aromatic rings. The van der Waals surface area contributed by atoms with Gasteiger partial charge in [-0.15, -0.1) is 0 Å². The van der Waals surface area contributed by atoms with Crippen LogP contribution < -0.4 is 0 Å². The summed E-state index contributed by atoms with van der Waals surface area (Å²) in [5.41, 5.74) is -0.143. The molecule has 3 heteroatoms. The molecule has 0 aromatic heterocycles. The number of hydrogen-bond acceptors (Lipinski definition) is 3. The molecule has 1 fully saturated rings. The van der Waals surface area contributed by atoms with Crippen molar-refractivity contribution >= 4 is 11.7 Å². The third-order valence-corrected chi connectivity index (χ3v) is 4.91. The lowest BCUT2D eigenvalue weighted by Crippen LogP contribution is -2.51. The van der Waals surface area contributed by atoms with Crippen LogP contribution in [0.4, 0.5) is 0 Å². The zero-order chi connectivity index (χ0) is 14.4. The number of hydrogen-bond donors (Lipinski definition) is 0. The zero-order valence-electron chi connectivity index (χ0n) is 12.2. The molecule has 0 amide bonds. The molecule has 3 rings (SSSR count). The molecule has 1 heterocycles. The van der Waals surface area contributed by atoms with E-state index >= 15 is 0 Å². The number of ether oxygens (including phenoxy) is 2. The van der Waals surface area contributed by atoms with Gasteiger partial charge in [-0.3, -0.25) is 0 Å². The van der Waals surface area contributed by atoms with Crippen molar-refractivity contribution in [1.29, 1.82) is 0 Å². The van der Waals surface area contributed by atoms with Crippen molar-refractivity contribution in [1.82, 2.24) is 0 Å². The van der Waals surface area contributed by atoms with Crippen LogP contribution in [0.1, 0.15) is 32.3 Å². The van der Waals surface area contributed by atoms with Crippen molar-refractivity contribution < 1.29 is 14.3 Å². The highest BCUT2D eigenvalue weighted by Crippen LogP contribution is 2.59. The smallest absolute Gasteiger partial charge is 0.351 e. The Kier molecular flexibility index (Phi) is 2.89. The molecule has 0 unspecified atom stereocenters. The lowest BCUT2D eigenvalue weighted by molar-refractivity contribution is -0.171. The minimum Gasteiger partial charge on any atom is -0.474 e. The topological polar surface area (TPSA) is 35.5 Å². The fraction of sp³-hybridized carbons (Fsp3) is 0.471. The van der Waals surface area contributed by atoms with E-state index in [1.807, 2.05) is 30.3 Å². The van der Waals surface area contributed by atoms with Crippen LogP contribution in [0.3, 0.4) is 0 Å². The summed E-state index contributed by atoms with van der Waals surface area (Å²) in [5.74, 6) is 0.689. The third kappa shape index (κ3) is 1.55. The average Bonchev–Trinajstić information content (AvgIpc) is 2.91. The lowest BCUT2D eigenvalue weighted by Gasteiger charge is -2.36. The van der Waals surface area contributed by atoms with Gasteiger partial charge >= 0.3 is 5.97 Å². The maximum Gasteiger partial charge on any atom is 0.351 e. The second-order valence-corrected chi connectivity index (χ2v) is 6.06. The number of methoxy groups -OCH3 is 1. The van der Waals surface area contributed by atoms with Gasteiger partial charge in [0.2, 0.25) is 5.60 Å². The molecule has 3 atom stereocenters. The lowest BCUT2D eigenvalue weighted by atomic mass is 9.74. The number of carbonyl (C=O) groups excluding carboxylic acids is 1. The summed E-state index contributed by atoms with van der Waals surface area (Å²) in [6.45, 7) is 4.17. The molecule has 1 aliphatic heterocycles. The molecule has 0 N–H and O–H groups in total. The van der Waals surface area contributed by atoms with Crippen LogP contribution in [0, 0.1) is 11.3 Å². The van der Waals surface area contributed by atoms with Crippen molar-refractivity contribution in [3.63, 3.8) is 0 Å². The molecule has 3 nitrogen and oxygen atoms in total. The van der Waals surface area contributed by atoms with Gasteiger partial charge in [0.1, 0.15) is 5.76 Å². The molecule has 1 saturated carbocycles. The minimum absolute atomic E-state index is 0.150. The van der Waals surface area contributed by atoms with Crippen molar-refractivity contribution in [2.45, 2.75) is 32.3 Å². The highest BCUT2D eigenvalue weighted by molar-refractivity contribution is 5.86. The van der Waals surface area contributed by atoms with Gasteiger partial charge < -0.3 is 9.47 Å². The van der Waals surface area contributed by atoms with Crippen molar-refractivity contribution in [3.05, 3.63) is 42.0 Å². The molecule has 20 heavy (non-hydrogen) atoms. The normalized spacial score (nSPS) is 35.1. The molecule has 2 aliphatic rings. The van der Waals surface area contributed by atoms with Crippen LogP contribution >= 0.6 is 0 Å². The van der Waals surface area contributed by atoms with Crippen LogP contribution in [-0.2, 0) is 14.3 Å². The first kappa shape index (κ1) is 13.2. The van der Waals surface area contributed by atoms with Crippen molar-refractivity contribution in [2.75, 3.05) is 7.11 Å². The van der Waals surface area contributed by atoms with Gasteiger partial charge in [0, 0.05) is 16.9 Å². The van der Waals surface area contributed by atoms with Gasteiger partial charge in [-0.1, -0.05) is 44.2 Å². The van der Waals surface area contributed by atoms with E-state index in [2.05, 4.69) is 19.9 Å². The number of esters is 1. The molecular weight excluding hydrogens is 252 g/mol. The Bertz CT molecular complexity index is 563. The monoisotopic (exact) mass is 272 g/mol. The van der Waals surface area contributed by atoms with E-state index < -0.39 is 5.60 Å². The average molecular weight is 272 g/mol. The van der Waals surface area contributed by atoms with E-state index in [-0.39, 0.29) is 17.3 Å². The molecule has 0 radical (unpaired) electrons. The summed E-state index contributed by atoms with van der Waals surface area (Å²) < 4.78 is 11.3. The Balaban J connectivity index is 2.06. The Morgan fingerprint density at radius 3 is 2.70 bits per heavy atom. The van der Waals surface area contributed by atoms with Gasteiger partial charge in [0.05, 0.1) is 7.11 Å². The van der Waals surface area contributed by atoms with Gasteiger partial charge in [-0.05, 0) is 18.9 Å². The summed E-state index contributed by atoms with van der Waals surface area (Å²) in [6.07, 6.45) is 4.03.